The largest absolute Gasteiger partial charge is 0.351 e. The van der Waals surface area contributed by atoms with Crippen molar-refractivity contribution in [1.82, 2.24) is 10.2 Å². The van der Waals surface area contributed by atoms with E-state index in [1.54, 1.807) is 0 Å². The normalized spacial score (nSPS) is 11.2. The minimum atomic E-state index is -0.529. The Morgan fingerprint density at radius 2 is 1.56 bits per heavy atom. The third-order valence-corrected chi connectivity index (χ3v) is 3.69. The number of rotatable bonds is 7. The van der Waals surface area contributed by atoms with Crippen molar-refractivity contribution in [2.45, 2.75) is 25.6 Å². The number of nitrogens with two attached hydrogens (primary N) is 1. The molecule has 0 saturated heterocycles. The highest BCUT2D eigenvalue weighted by molar-refractivity contribution is 5.85. The fourth-order valence-corrected chi connectivity index (χ4v) is 2.50. The lowest BCUT2D eigenvalue weighted by atomic mass is 10.0. The monoisotopic (exact) mass is 383 g/mol. The molecule has 0 fully saturated rings. The molecule has 0 aliphatic carbocycles. The zero-order valence-corrected chi connectivity index (χ0v) is 16.3. The van der Waals surface area contributed by atoms with Gasteiger partial charge in [-0.1, -0.05) is 54.6 Å². The number of carbonyl (C=O) groups excluding carboxylic acids is 1. The van der Waals surface area contributed by atoms with Crippen LogP contribution >= 0.6 is 24.8 Å². The number of nitrogens with zero attached hydrogens (tertiary/aromatic N) is 1. The van der Waals surface area contributed by atoms with E-state index in [1.807, 2.05) is 62.6 Å². The van der Waals surface area contributed by atoms with Crippen LogP contribution in [0.5, 0.6) is 0 Å². The molecule has 4 nitrogen and oxygen atoms in total. The van der Waals surface area contributed by atoms with Crippen molar-refractivity contribution in [2.24, 2.45) is 5.73 Å². The van der Waals surface area contributed by atoms with Crippen LogP contribution < -0.4 is 11.1 Å². The van der Waals surface area contributed by atoms with Crippen molar-refractivity contribution in [3.8, 4) is 0 Å². The Bertz CT molecular complexity index is 636. The zero-order chi connectivity index (χ0) is 16.7. The molecule has 0 aliphatic heterocycles. The van der Waals surface area contributed by atoms with Crippen LogP contribution in [0.25, 0.3) is 0 Å². The van der Waals surface area contributed by atoms with E-state index >= 15 is 0 Å². The summed E-state index contributed by atoms with van der Waals surface area (Å²) < 4.78 is 0. The molecule has 0 bridgehead atoms. The molecule has 0 aromatic heterocycles. The highest BCUT2D eigenvalue weighted by atomic mass is 35.5. The summed E-state index contributed by atoms with van der Waals surface area (Å²) in [5.41, 5.74) is 9.43. The van der Waals surface area contributed by atoms with Gasteiger partial charge in [0.1, 0.15) is 0 Å². The smallest absolute Gasteiger partial charge is 0.237 e. The fourth-order valence-electron chi connectivity index (χ4n) is 2.50. The number of hydrogen-bond acceptors (Lipinski definition) is 3. The molecule has 0 heterocycles. The van der Waals surface area contributed by atoms with Gasteiger partial charge in [-0.3, -0.25) is 4.79 Å². The van der Waals surface area contributed by atoms with Crippen LogP contribution in [-0.4, -0.2) is 30.9 Å². The van der Waals surface area contributed by atoms with Crippen LogP contribution in [0.1, 0.15) is 16.7 Å². The molecule has 1 atom stereocenters. The van der Waals surface area contributed by atoms with Gasteiger partial charge in [-0.2, -0.15) is 0 Å². The molecule has 1 amide bonds. The topological polar surface area (TPSA) is 58.4 Å². The van der Waals surface area contributed by atoms with E-state index < -0.39 is 6.04 Å². The molecule has 0 saturated carbocycles. The number of amides is 1. The first kappa shape index (κ1) is 23.4. The first-order chi connectivity index (χ1) is 11.1. The van der Waals surface area contributed by atoms with E-state index in [9.17, 15) is 4.79 Å². The van der Waals surface area contributed by atoms with Gasteiger partial charge in [0.15, 0.2) is 0 Å². The molecular weight excluding hydrogens is 357 g/mol. The maximum absolute atomic E-state index is 12.2. The van der Waals surface area contributed by atoms with E-state index in [1.165, 1.54) is 5.56 Å². The third-order valence-electron chi connectivity index (χ3n) is 3.69. The molecule has 138 valence electrons. The minimum Gasteiger partial charge on any atom is -0.351 e. The summed E-state index contributed by atoms with van der Waals surface area (Å²) in [4.78, 5) is 14.3. The van der Waals surface area contributed by atoms with E-state index in [0.29, 0.717) is 13.0 Å². The predicted octanol–water partition coefficient (Wildman–Crippen LogP) is 2.78. The lowest BCUT2D eigenvalue weighted by Crippen LogP contribution is -2.41. The Balaban J connectivity index is 0.00000288. The summed E-state index contributed by atoms with van der Waals surface area (Å²) in [6.45, 7) is 1.35. The van der Waals surface area contributed by atoms with Crippen LogP contribution in [0.2, 0.25) is 0 Å². The van der Waals surface area contributed by atoms with Crippen LogP contribution in [0, 0.1) is 0 Å². The molecule has 3 N–H and O–H groups in total. The zero-order valence-electron chi connectivity index (χ0n) is 14.6. The maximum Gasteiger partial charge on any atom is 0.237 e. The average Bonchev–Trinajstić information content (AvgIpc) is 2.54. The number of nitrogens with one attached hydrogen (secondary N) is 1. The van der Waals surface area contributed by atoms with Gasteiger partial charge in [-0.15, -0.1) is 24.8 Å². The van der Waals surface area contributed by atoms with Crippen molar-refractivity contribution in [3.05, 3.63) is 71.3 Å². The van der Waals surface area contributed by atoms with Crippen LogP contribution in [0.3, 0.4) is 0 Å². The van der Waals surface area contributed by atoms with Gasteiger partial charge in [0.05, 0.1) is 6.04 Å². The summed E-state index contributed by atoms with van der Waals surface area (Å²) >= 11 is 0. The first-order valence-electron chi connectivity index (χ1n) is 7.85. The van der Waals surface area contributed by atoms with Crippen molar-refractivity contribution >= 4 is 30.7 Å². The second-order valence-corrected chi connectivity index (χ2v) is 6.02. The number of benzene rings is 2. The predicted molar refractivity (Wildman–Crippen MR) is 108 cm³/mol. The van der Waals surface area contributed by atoms with E-state index in [4.69, 9.17) is 5.73 Å². The molecule has 0 aliphatic rings. The second-order valence-electron chi connectivity index (χ2n) is 6.02. The molecule has 0 spiro atoms. The van der Waals surface area contributed by atoms with Crippen LogP contribution in [0.15, 0.2) is 54.6 Å². The van der Waals surface area contributed by atoms with Gasteiger partial charge < -0.3 is 16.0 Å². The summed E-state index contributed by atoms with van der Waals surface area (Å²) in [7, 11) is 4.07. The molecule has 25 heavy (non-hydrogen) atoms. The molecule has 0 radical (unpaired) electrons. The van der Waals surface area contributed by atoms with E-state index in [-0.39, 0.29) is 30.7 Å². The van der Waals surface area contributed by atoms with Gasteiger partial charge in [0.25, 0.3) is 0 Å². The van der Waals surface area contributed by atoms with Crippen molar-refractivity contribution in [3.63, 3.8) is 0 Å². The Hall–Kier alpha value is -1.59. The highest BCUT2D eigenvalue weighted by Crippen LogP contribution is 2.10. The van der Waals surface area contributed by atoms with Crippen molar-refractivity contribution in [1.29, 1.82) is 0 Å². The SMILES string of the molecule is CN(C)Cc1ccccc1CNC(=O)[C@@H](N)Cc1ccccc1.Cl.Cl. The second kappa shape index (κ2) is 11.9. The highest BCUT2D eigenvalue weighted by Gasteiger charge is 2.14. The van der Waals surface area contributed by atoms with Gasteiger partial charge in [-0.25, -0.2) is 0 Å². The van der Waals surface area contributed by atoms with Gasteiger partial charge in [0.2, 0.25) is 5.91 Å². The van der Waals surface area contributed by atoms with Gasteiger partial charge in [-0.05, 0) is 37.2 Å². The Morgan fingerprint density at radius 1 is 1.00 bits per heavy atom. The molecule has 2 aromatic carbocycles. The van der Waals surface area contributed by atoms with E-state index in [0.717, 1.165) is 17.7 Å². The molecule has 0 unspecified atom stereocenters. The lowest BCUT2D eigenvalue weighted by Gasteiger charge is -2.16. The Morgan fingerprint density at radius 3 is 2.16 bits per heavy atom. The quantitative estimate of drug-likeness (QED) is 0.772. The summed E-state index contributed by atoms with van der Waals surface area (Å²) in [6.07, 6.45) is 0.548. The lowest BCUT2D eigenvalue weighted by molar-refractivity contribution is -0.122. The van der Waals surface area contributed by atoms with Crippen LogP contribution in [0.4, 0.5) is 0 Å². The molecule has 6 heteroatoms. The summed E-state index contributed by atoms with van der Waals surface area (Å²) in [5, 5.41) is 2.95. The standard InChI is InChI=1S/C19H25N3O.2ClH/c1-22(2)14-17-11-7-6-10-16(17)13-21-19(23)18(20)12-15-8-4-3-5-9-15;;/h3-11,18H,12-14,20H2,1-2H3,(H,21,23);2*1H/t18-;;/m0../s1. The first-order valence-corrected chi connectivity index (χ1v) is 7.85. The van der Waals surface area contributed by atoms with E-state index in [2.05, 4.69) is 16.3 Å². The van der Waals surface area contributed by atoms with Gasteiger partial charge >= 0.3 is 0 Å². The number of hydrogen-bond donors (Lipinski definition) is 2. The van der Waals surface area contributed by atoms with Crippen molar-refractivity contribution < 1.29 is 4.79 Å². The van der Waals surface area contributed by atoms with Gasteiger partial charge in [0, 0.05) is 13.1 Å². The molecular formula is C19H27Cl2N3O. The Labute approximate surface area is 162 Å². The number of halogens is 2. The molecule has 2 aromatic rings. The maximum atomic E-state index is 12.2. The summed E-state index contributed by atoms with van der Waals surface area (Å²) in [6, 6.07) is 17.5. The third kappa shape index (κ3) is 7.88. The van der Waals surface area contributed by atoms with Crippen LogP contribution in [-0.2, 0) is 24.3 Å². The Kier molecular flexibility index (Phi) is 11.1. The molecule has 2 rings (SSSR count). The summed E-state index contributed by atoms with van der Waals surface area (Å²) in [5.74, 6) is -0.117. The number of carbonyl (C=O) groups is 1. The minimum absolute atomic E-state index is 0. The van der Waals surface area contributed by atoms with Crippen molar-refractivity contribution in [2.75, 3.05) is 14.1 Å². The average molecular weight is 384 g/mol. The fraction of sp³-hybridized carbons (Fsp3) is 0.316.